The Kier molecular flexibility index (Phi) is 4.55. The summed E-state index contributed by atoms with van der Waals surface area (Å²) in [6.45, 7) is 4.05. The van der Waals surface area contributed by atoms with Gasteiger partial charge in [0.15, 0.2) is 0 Å². The van der Waals surface area contributed by atoms with Crippen LogP contribution in [0.5, 0.6) is 0 Å². The van der Waals surface area contributed by atoms with Crippen LogP contribution in [0.25, 0.3) is 0 Å². The van der Waals surface area contributed by atoms with Crippen LogP contribution in [-0.2, 0) is 0 Å². The number of amides is 1. The van der Waals surface area contributed by atoms with Crippen LogP contribution in [0.4, 0.5) is 0 Å². The van der Waals surface area contributed by atoms with Gasteiger partial charge in [0, 0.05) is 37.2 Å². The van der Waals surface area contributed by atoms with Crippen molar-refractivity contribution in [2.75, 3.05) is 39.3 Å². The van der Waals surface area contributed by atoms with Gasteiger partial charge in [0.25, 0.3) is 5.91 Å². The number of piperazine rings is 1. The van der Waals surface area contributed by atoms with Gasteiger partial charge in [-0.1, -0.05) is 0 Å². The molecule has 1 saturated heterocycles. The maximum Gasteiger partial charge on any atom is 0.265 e. The van der Waals surface area contributed by atoms with E-state index in [4.69, 9.17) is 5.11 Å². The lowest BCUT2D eigenvalue weighted by Crippen LogP contribution is -2.49. The molecule has 1 N–H and O–H groups in total. The third-order valence-electron chi connectivity index (χ3n) is 2.89. The summed E-state index contributed by atoms with van der Waals surface area (Å²) in [5.74, 6) is 0.107. The molecule has 1 aromatic rings. The summed E-state index contributed by atoms with van der Waals surface area (Å²) in [6, 6.07) is 1.90. The number of halogens is 1. The molecule has 2 rings (SSSR count). The fourth-order valence-corrected chi connectivity index (χ4v) is 3.41. The van der Waals surface area contributed by atoms with Gasteiger partial charge in [0.2, 0.25) is 0 Å². The molecule has 0 unspecified atom stereocenters. The van der Waals surface area contributed by atoms with E-state index < -0.39 is 0 Å². The normalized spacial score (nSPS) is 17.4. The Labute approximate surface area is 113 Å². The van der Waals surface area contributed by atoms with Gasteiger partial charge in [-0.05, 0) is 27.4 Å². The minimum atomic E-state index is 0.107. The molecule has 4 nitrogen and oxygen atoms in total. The average molecular weight is 319 g/mol. The number of thiophene rings is 1. The highest BCUT2D eigenvalue weighted by atomic mass is 79.9. The smallest absolute Gasteiger partial charge is 0.265 e. The summed E-state index contributed by atoms with van der Waals surface area (Å²) in [7, 11) is 0. The largest absolute Gasteiger partial charge is 0.395 e. The molecule has 0 aromatic carbocycles. The lowest BCUT2D eigenvalue weighted by molar-refractivity contribution is 0.0619. The second-order valence-electron chi connectivity index (χ2n) is 3.96. The maximum atomic E-state index is 12.2. The average Bonchev–Trinajstić information content (AvgIpc) is 2.76. The second-order valence-corrected chi connectivity index (χ2v) is 5.73. The van der Waals surface area contributed by atoms with Gasteiger partial charge in [0.1, 0.15) is 4.88 Å². The minimum Gasteiger partial charge on any atom is -0.395 e. The first-order valence-corrected chi connectivity index (χ1v) is 7.25. The molecule has 0 radical (unpaired) electrons. The van der Waals surface area contributed by atoms with Crippen molar-refractivity contribution in [3.63, 3.8) is 0 Å². The molecule has 2 heterocycles. The van der Waals surface area contributed by atoms with Crippen molar-refractivity contribution < 1.29 is 9.90 Å². The molecule has 0 aliphatic carbocycles. The molecule has 0 spiro atoms. The summed E-state index contributed by atoms with van der Waals surface area (Å²) in [6.07, 6.45) is 0. The second kappa shape index (κ2) is 5.95. The zero-order chi connectivity index (χ0) is 12.3. The molecule has 1 amide bonds. The van der Waals surface area contributed by atoms with E-state index in [-0.39, 0.29) is 12.5 Å². The molecule has 0 saturated carbocycles. The quantitative estimate of drug-likeness (QED) is 0.912. The highest BCUT2D eigenvalue weighted by molar-refractivity contribution is 9.10. The van der Waals surface area contributed by atoms with Crippen molar-refractivity contribution in [1.29, 1.82) is 0 Å². The van der Waals surface area contributed by atoms with Gasteiger partial charge in [-0.2, -0.15) is 0 Å². The first-order valence-electron chi connectivity index (χ1n) is 5.58. The zero-order valence-corrected chi connectivity index (χ0v) is 11.8. The molecule has 17 heavy (non-hydrogen) atoms. The number of aliphatic hydroxyl groups excluding tert-OH is 1. The lowest BCUT2D eigenvalue weighted by atomic mass is 10.3. The van der Waals surface area contributed by atoms with Crippen LogP contribution in [0, 0.1) is 0 Å². The molecule has 0 bridgehead atoms. The van der Waals surface area contributed by atoms with E-state index >= 15 is 0 Å². The molecular formula is C11H15BrN2O2S. The standard InChI is InChI=1S/C11H15BrN2O2S/c12-9-1-8-17-10(9)11(16)14-4-2-13(3-5-14)6-7-15/h1,8,15H,2-7H2. The van der Waals surface area contributed by atoms with Crippen LogP contribution in [0.15, 0.2) is 15.9 Å². The summed E-state index contributed by atoms with van der Waals surface area (Å²) in [5.41, 5.74) is 0. The van der Waals surface area contributed by atoms with Gasteiger partial charge in [0.05, 0.1) is 6.61 Å². The van der Waals surface area contributed by atoms with Crippen molar-refractivity contribution >= 4 is 33.2 Å². The van der Waals surface area contributed by atoms with Crippen LogP contribution < -0.4 is 0 Å². The van der Waals surface area contributed by atoms with E-state index in [0.29, 0.717) is 6.54 Å². The van der Waals surface area contributed by atoms with Crippen molar-refractivity contribution in [3.05, 3.63) is 20.8 Å². The fraction of sp³-hybridized carbons (Fsp3) is 0.545. The monoisotopic (exact) mass is 318 g/mol. The molecular weight excluding hydrogens is 304 g/mol. The topological polar surface area (TPSA) is 43.8 Å². The van der Waals surface area contributed by atoms with Gasteiger partial charge in [-0.3, -0.25) is 9.69 Å². The first-order chi connectivity index (χ1) is 8.22. The number of hydrogen-bond acceptors (Lipinski definition) is 4. The van der Waals surface area contributed by atoms with Crippen molar-refractivity contribution in [2.24, 2.45) is 0 Å². The highest BCUT2D eigenvalue weighted by Gasteiger charge is 2.23. The lowest BCUT2D eigenvalue weighted by Gasteiger charge is -2.34. The van der Waals surface area contributed by atoms with E-state index in [1.54, 1.807) is 0 Å². The Hall–Kier alpha value is -0.430. The SMILES string of the molecule is O=C(c1sccc1Br)N1CCN(CCO)CC1. The Morgan fingerprint density at radius 3 is 2.65 bits per heavy atom. The number of nitrogens with zero attached hydrogens (tertiary/aromatic N) is 2. The van der Waals surface area contributed by atoms with Gasteiger partial charge in [-0.25, -0.2) is 0 Å². The van der Waals surface area contributed by atoms with Crippen LogP contribution >= 0.6 is 27.3 Å². The van der Waals surface area contributed by atoms with E-state index in [1.165, 1.54) is 11.3 Å². The number of carbonyl (C=O) groups excluding carboxylic acids is 1. The van der Waals surface area contributed by atoms with Crippen LogP contribution in [0.3, 0.4) is 0 Å². The summed E-state index contributed by atoms with van der Waals surface area (Å²) in [5, 5.41) is 10.8. The van der Waals surface area contributed by atoms with E-state index in [0.717, 1.165) is 35.5 Å². The summed E-state index contributed by atoms with van der Waals surface area (Å²) < 4.78 is 0.880. The van der Waals surface area contributed by atoms with Crippen LogP contribution in [0.1, 0.15) is 9.67 Å². The van der Waals surface area contributed by atoms with Crippen molar-refractivity contribution in [2.45, 2.75) is 0 Å². The van der Waals surface area contributed by atoms with E-state index in [9.17, 15) is 4.79 Å². The fourth-order valence-electron chi connectivity index (χ4n) is 1.91. The Bertz CT molecular complexity index is 389. The first kappa shape index (κ1) is 13.0. The van der Waals surface area contributed by atoms with Crippen molar-refractivity contribution in [3.8, 4) is 0 Å². The molecule has 0 atom stereocenters. The molecule has 1 fully saturated rings. The molecule has 1 aliphatic rings. The number of aliphatic hydroxyl groups is 1. The van der Waals surface area contributed by atoms with Gasteiger partial charge in [-0.15, -0.1) is 11.3 Å². The molecule has 1 aliphatic heterocycles. The van der Waals surface area contributed by atoms with Crippen LogP contribution in [-0.4, -0.2) is 60.1 Å². The van der Waals surface area contributed by atoms with E-state index in [2.05, 4.69) is 20.8 Å². The minimum absolute atomic E-state index is 0.107. The third-order valence-corrected chi connectivity index (χ3v) is 4.71. The molecule has 1 aromatic heterocycles. The molecule has 6 heteroatoms. The highest BCUT2D eigenvalue weighted by Crippen LogP contribution is 2.24. The van der Waals surface area contributed by atoms with E-state index in [1.807, 2.05) is 16.3 Å². The number of carbonyl (C=O) groups is 1. The Morgan fingerprint density at radius 1 is 1.41 bits per heavy atom. The van der Waals surface area contributed by atoms with Gasteiger partial charge < -0.3 is 10.0 Å². The predicted octanol–water partition coefficient (Wildman–Crippen LogP) is 1.26. The molecule has 94 valence electrons. The Morgan fingerprint density at radius 2 is 2.12 bits per heavy atom. The number of β-amino-alcohol motifs (C(OH)–C–C–N with tert-alkyl or cyclic N) is 1. The Balaban J connectivity index is 1.93. The summed E-state index contributed by atoms with van der Waals surface area (Å²) >= 11 is 4.86. The number of rotatable bonds is 3. The predicted molar refractivity (Wildman–Crippen MR) is 71.4 cm³/mol. The van der Waals surface area contributed by atoms with Crippen LogP contribution in [0.2, 0.25) is 0 Å². The summed E-state index contributed by atoms with van der Waals surface area (Å²) in [4.78, 5) is 17.0. The van der Waals surface area contributed by atoms with Crippen molar-refractivity contribution in [1.82, 2.24) is 9.80 Å². The number of hydrogen-bond donors (Lipinski definition) is 1. The zero-order valence-electron chi connectivity index (χ0n) is 9.43. The maximum absolute atomic E-state index is 12.2. The third kappa shape index (κ3) is 3.07. The van der Waals surface area contributed by atoms with Gasteiger partial charge >= 0.3 is 0 Å².